The molecule has 0 amide bonds. The molecule has 0 N–H and O–H groups in total. The molecular weight excluding hydrogens is 293 g/mol. The van der Waals surface area contributed by atoms with E-state index < -0.39 is 29.2 Å². The third-order valence-electron chi connectivity index (χ3n) is 2.70. The van der Waals surface area contributed by atoms with Crippen molar-refractivity contribution < 1.29 is 37.0 Å². The van der Waals surface area contributed by atoms with Crippen LogP contribution in [-0.2, 0) is 15.7 Å². The second-order valence-electron chi connectivity index (χ2n) is 4.06. The zero-order valence-corrected chi connectivity index (χ0v) is 11.0. The molecule has 0 fully saturated rings. The second kappa shape index (κ2) is 5.63. The summed E-state index contributed by atoms with van der Waals surface area (Å²) in [7, 11) is 0. The molecule has 0 bridgehead atoms. The Bertz CT molecular complexity index is 580. The topological polar surface area (TPSA) is 61.8 Å². The van der Waals surface area contributed by atoms with E-state index in [1.807, 2.05) is 0 Å². The number of hydrogen-bond donors (Lipinski definition) is 0. The lowest BCUT2D eigenvalue weighted by Crippen LogP contribution is -2.24. The number of benzene rings is 1. The van der Waals surface area contributed by atoms with Crippen LogP contribution in [0.5, 0.6) is 11.5 Å². The predicted octanol–water partition coefficient (Wildman–Crippen LogP) is 2.22. The first kappa shape index (κ1) is 15.1. The average Bonchev–Trinajstić information content (AvgIpc) is 2.44. The van der Waals surface area contributed by atoms with Crippen LogP contribution in [0.3, 0.4) is 0 Å². The van der Waals surface area contributed by atoms with Gasteiger partial charge < -0.3 is 14.2 Å². The van der Waals surface area contributed by atoms with E-state index in [4.69, 9.17) is 9.47 Å². The maximum atomic E-state index is 12.9. The van der Waals surface area contributed by atoms with Crippen molar-refractivity contribution in [2.45, 2.75) is 13.1 Å². The number of halogens is 3. The molecule has 8 heteroatoms. The number of fused-ring (bicyclic) bond motifs is 1. The number of esters is 1. The fourth-order valence-corrected chi connectivity index (χ4v) is 1.85. The number of alkyl halides is 3. The van der Waals surface area contributed by atoms with Crippen LogP contribution in [0.2, 0.25) is 0 Å². The van der Waals surface area contributed by atoms with E-state index >= 15 is 0 Å². The fourth-order valence-electron chi connectivity index (χ4n) is 1.85. The van der Waals surface area contributed by atoms with Crippen LogP contribution in [0.1, 0.15) is 22.8 Å². The second-order valence-corrected chi connectivity index (χ2v) is 4.06. The minimum absolute atomic E-state index is 0.0165. The fraction of sp³-hybridized carbons (Fsp3) is 0.385. The van der Waals surface area contributed by atoms with E-state index in [0.717, 1.165) is 6.07 Å². The molecule has 0 aliphatic carbocycles. The van der Waals surface area contributed by atoms with Gasteiger partial charge in [-0.25, -0.2) is 4.79 Å². The molecule has 0 saturated heterocycles. The Balaban J connectivity index is 2.50. The van der Waals surface area contributed by atoms with Crippen LogP contribution < -0.4 is 9.47 Å². The highest BCUT2D eigenvalue weighted by atomic mass is 19.4. The van der Waals surface area contributed by atoms with Gasteiger partial charge in [0.1, 0.15) is 18.8 Å². The lowest BCUT2D eigenvalue weighted by atomic mass is 10.0. The molecule has 21 heavy (non-hydrogen) atoms. The van der Waals surface area contributed by atoms with Crippen molar-refractivity contribution in [3.05, 3.63) is 23.3 Å². The zero-order valence-electron chi connectivity index (χ0n) is 11.0. The largest absolute Gasteiger partial charge is 0.485 e. The van der Waals surface area contributed by atoms with Gasteiger partial charge in [-0.3, -0.25) is 4.79 Å². The molecule has 0 unspecified atom stereocenters. The highest BCUT2D eigenvalue weighted by Gasteiger charge is 2.39. The summed E-state index contributed by atoms with van der Waals surface area (Å²) >= 11 is 0. The van der Waals surface area contributed by atoms with Gasteiger partial charge in [0.05, 0.1) is 12.2 Å². The molecule has 5 nitrogen and oxygen atoms in total. The zero-order chi connectivity index (χ0) is 15.6. The van der Waals surface area contributed by atoms with Gasteiger partial charge in [-0.1, -0.05) is 0 Å². The lowest BCUT2D eigenvalue weighted by Gasteiger charge is -2.23. The standard InChI is InChI=1S/C13H11F3O5/c1-2-19-12(18)9(17)7-3-4-8(13(14,15)16)11-10(7)20-5-6-21-11/h3-4H,2,5-6H2,1H3. The van der Waals surface area contributed by atoms with Crippen molar-refractivity contribution in [3.8, 4) is 11.5 Å². The summed E-state index contributed by atoms with van der Waals surface area (Å²) in [5.41, 5.74) is -1.37. The minimum atomic E-state index is -4.66. The van der Waals surface area contributed by atoms with Crippen molar-refractivity contribution in [2.75, 3.05) is 19.8 Å². The number of hydrogen-bond acceptors (Lipinski definition) is 5. The number of carbonyl (C=O) groups is 2. The minimum Gasteiger partial charge on any atom is -0.485 e. The number of ether oxygens (including phenoxy) is 3. The number of carbonyl (C=O) groups excluding carboxylic acids is 2. The van der Waals surface area contributed by atoms with Gasteiger partial charge in [-0.2, -0.15) is 13.2 Å². The molecule has 1 aromatic carbocycles. The summed E-state index contributed by atoms with van der Waals surface area (Å²) in [6.07, 6.45) is -4.66. The molecule has 1 heterocycles. The van der Waals surface area contributed by atoms with Crippen molar-refractivity contribution in [1.82, 2.24) is 0 Å². The molecule has 0 aromatic heterocycles. The van der Waals surface area contributed by atoms with Crippen molar-refractivity contribution in [1.29, 1.82) is 0 Å². The summed E-state index contributed by atoms with van der Waals surface area (Å²) in [6, 6.07) is 1.57. The molecule has 114 valence electrons. The summed E-state index contributed by atoms with van der Waals surface area (Å²) in [5, 5.41) is 0. The highest BCUT2D eigenvalue weighted by Crippen LogP contribution is 2.44. The van der Waals surface area contributed by atoms with Gasteiger partial charge in [0, 0.05) is 0 Å². The predicted molar refractivity (Wildman–Crippen MR) is 63.4 cm³/mol. The van der Waals surface area contributed by atoms with Crippen LogP contribution in [0.15, 0.2) is 12.1 Å². The Morgan fingerprint density at radius 3 is 2.38 bits per heavy atom. The van der Waals surface area contributed by atoms with E-state index in [0.29, 0.717) is 6.07 Å². The Morgan fingerprint density at radius 1 is 1.19 bits per heavy atom. The maximum absolute atomic E-state index is 12.9. The van der Waals surface area contributed by atoms with Crippen molar-refractivity contribution in [3.63, 3.8) is 0 Å². The molecule has 0 spiro atoms. The maximum Gasteiger partial charge on any atom is 0.420 e. The van der Waals surface area contributed by atoms with Crippen LogP contribution in [0, 0.1) is 0 Å². The summed E-state index contributed by atoms with van der Waals surface area (Å²) in [6.45, 7) is 1.39. The first-order valence-electron chi connectivity index (χ1n) is 6.07. The Hall–Kier alpha value is -2.25. The van der Waals surface area contributed by atoms with Gasteiger partial charge in [0.2, 0.25) is 0 Å². The average molecular weight is 304 g/mol. The van der Waals surface area contributed by atoms with Gasteiger partial charge in [-0.15, -0.1) is 0 Å². The van der Waals surface area contributed by atoms with Crippen LogP contribution >= 0.6 is 0 Å². The molecule has 0 atom stereocenters. The molecule has 0 radical (unpaired) electrons. The molecule has 0 saturated carbocycles. The Morgan fingerprint density at radius 2 is 1.81 bits per heavy atom. The van der Waals surface area contributed by atoms with Gasteiger partial charge in [-0.05, 0) is 19.1 Å². The summed E-state index contributed by atoms with van der Waals surface area (Å²) < 4.78 is 53.2. The van der Waals surface area contributed by atoms with Gasteiger partial charge in [0.25, 0.3) is 5.78 Å². The Labute approximate surface area is 117 Å². The van der Waals surface area contributed by atoms with Crippen molar-refractivity contribution >= 4 is 11.8 Å². The molecular formula is C13H11F3O5. The van der Waals surface area contributed by atoms with Gasteiger partial charge in [0.15, 0.2) is 11.5 Å². The SMILES string of the molecule is CCOC(=O)C(=O)c1ccc(C(F)(F)F)c2c1OCCO2. The normalized spacial score (nSPS) is 13.7. The third-order valence-corrected chi connectivity index (χ3v) is 2.70. The first-order valence-corrected chi connectivity index (χ1v) is 6.07. The number of ketones is 1. The van der Waals surface area contributed by atoms with E-state index in [1.54, 1.807) is 0 Å². The number of Topliss-reactive ketones (excluding diaryl/α,β-unsaturated/α-hetero) is 1. The molecule has 2 rings (SSSR count). The monoisotopic (exact) mass is 304 g/mol. The Kier molecular flexibility index (Phi) is 4.06. The highest BCUT2D eigenvalue weighted by molar-refractivity contribution is 6.41. The van der Waals surface area contributed by atoms with Gasteiger partial charge >= 0.3 is 12.1 Å². The quantitative estimate of drug-likeness (QED) is 0.487. The van der Waals surface area contributed by atoms with E-state index in [1.165, 1.54) is 6.92 Å². The molecule has 1 aliphatic heterocycles. The lowest BCUT2D eigenvalue weighted by molar-refractivity contribution is -0.139. The van der Waals surface area contributed by atoms with Crippen LogP contribution in [-0.4, -0.2) is 31.6 Å². The number of rotatable bonds is 3. The van der Waals surface area contributed by atoms with Crippen LogP contribution in [0.4, 0.5) is 13.2 Å². The summed E-state index contributed by atoms with van der Waals surface area (Å²) in [4.78, 5) is 23.3. The smallest absolute Gasteiger partial charge is 0.420 e. The summed E-state index contributed by atoms with van der Waals surface area (Å²) in [5.74, 6) is -3.20. The van der Waals surface area contributed by atoms with E-state index in [2.05, 4.69) is 4.74 Å². The molecule has 1 aliphatic rings. The third kappa shape index (κ3) is 2.93. The van der Waals surface area contributed by atoms with E-state index in [-0.39, 0.29) is 31.1 Å². The van der Waals surface area contributed by atoms with Crippen LogP contribution in [0.25, 0.3) is 0 Å². The first-order chi connectivity index (χ1) is 9.86. The van der Waals surface area contributed by atoms with Crippen molar-refractivity contribution in [2.24, 2.45) is 0 Å². The molecule has 1 aromatic rings. The van der Waals surface area contributed by atoms with E-state index in [9.17, 15) is 22.8 Å².